The largest absolute Gasteiger partial charge is 0.484 e. The molecule has 174 valence electrons. The fraction of sp³-hybridized carbons (Fsp3) is 0.120. The Hall–Kier alpha value is -4.17. The highest BCUT2D eigenvalue weighted by Crippen LogP contribution is 2.17. The van der Waals surface area contributed by atoms with Gasteiger partial charge in [0.2, 0.25) is 0 Å². The zero-order chi connectivity index (χ0) is 24.5. The molecule has 3 aromatic carbocycles. The average molecular weight is 479 g/mol. The van der Waals surface area contributed by atoms with Crippen LogP contribution in [0.2, 0.25) is 5.02 Å². The Bertz CT molecular complexity index is 1240. The summed E-state index contributed by atoms with van der Waals surface area (Å²) in [5.41, 5.74) is 5.89. The molecular formula is C25H23ClN4O4. The smallest absolute Gasteiger partial charge is 0.329 e. The number of carbonyl (C=O) groups is 3. The van der Waals surface area contributed by atoms with E-state index in [1.165, 1.54) is 12.3 Å². The average Bonchev–Trinajstić information content (AvgIpc) is 2.80. The lowest BCUT2D eigenvalue weighted by atomic mass is 10.1. The van der Waals surface area contributed by atoms with Crippen molar-refractivity contribution >= 4 is 46.9 Å². The third kappa shape index (κ3) is 7.46. The van der Waals surface area contributed by atoms with Gasteiger partial charge in [-0.3, -0.25) is 14.4 Å². The Morgan fingerprint density at radius 2 is 1.74 bits per heavy atom. The summed E-state index contributed by atoms with van der Waals surface area (Å²) in [5, 5.41) is 9.47. The summed E-state index contributed by atoms with van der Waals surface area (Å²) < 4.78 is 5.56. The highest BCUT2D eigenvalue weighted by atomic mass is 35.5. The van der Waals surface area contributed by atoms with Gasteiger partial charge in [0.25, 0.3) is 5.91 Å². The molecule has 0 fully saturated rings. The van der Waals surface area contributed by atoms with E-state index in [-0.39, 0.29) is 12.5 Å². The lowest BCUT2D eigenvalue weighted by Crippen LogP contribution is -2.32. The third-order valence-corrected chi connectivity index (χ3v) is 4.80. The predicted molar refractivity (Wildman–Crippen MR) is 132 cm³/mol. The molecule has 0 radical (unpaired) electrons. The van der Waals surface area contributed by atoms with E-state index < -0.39 is 11.8 Å². The first-order valence-electron chi connectivity index (χ1n) is 10.3. The Balaban J connectivity index is 1.49. The number of ether oxygens (including phenoxy) is 1. The minimum Gasteiger partial charge on any atom is -0.484 e. The number of rotatable bonds is 7. The number of nitrogens with one attached hydrogen (secondary N) is 3. The maximum Gasteiger partial charge on any atom is 0.329 e. The van der Waals surface area contributed by atoms with E-state index >= 15 is 0 Å². The van der Waals surface area contributed by atoms with Crippen molar-refractivity contribution in [3.8, 4) is 5.75 Å². The lowest BCUT2D eigenvalue weighted by molar-refractivity contribution is -0.136. The zero-order valence-electron chi connectivity index (χ0n) is 18.6. The van der Waals surface area contributed by atoms with Gasteiger partial charge in [-0.1, -0.05) is 41.9 Å². The fourth-order valence-corrected chi connectivity index (χ4v) is 3.05. The molecule has 8 nitrogen and oxygen atoms in total. The molecule has 0 unspecified atom stereocenters. The van der Waals surface area contributed by atoms with Gasteiger partial charge in [0, 0.05) is 16.4 Å². The molecule has 0 bridgehead atoms. The molecule has 0 aromatic heterocycles. The molecule has 3 rings (SSSR count). The lowest BCUT2D eigenvalue weighted by Gasteiger charge is -2.10. The van der Waals surface area contributed by atoms with Crippen LogP contribution in [0.15, 0.2) is 71.8 Å². The third-order valence-electron chi connectivity index (χ3n) is 4.56. The molecule has 34 heavy (non-hydrogen) atoms. The van der Waals surface area contributed by atoms with Gasteiger partial charge in [0.05, 0.1) is 6.21 Å². The molecule has 0 aliphatic heterocycles. The van der Waals surface area contributed by atoms with E-state index in [2.05, 4.69) is 21.2 Å². The Morgan fingerprint density at radius 3 is 2.53 bits per heavy atom. The molecule has 0 aliphatic rings. The molecule has 3 amide bonds. The second kappa shape index (κ2) is 11.6. The van der Waals surface area contributed by atoms with Crippen LogP contribution in [-0.4, -0.2) is 30.5 Å². The summed E-state index contributed by atoms with van der Waals surface area (Å²) >= 11 is 5.85. The SMILES string of the molecule is Cc1ccc(C)c(NC(=O)COc2cccc(/C=N\NC(=O)C(=O)Nc3cccc(Cl)c3)c2)c1. The Labute approximate surface area is 202 Å². The Morgan fingerprint density at radius 1 is 0.941 bits per heavy atom. The molecule has 0 spiro atoms. The summed E-state index contributed by atoms with van der Waals surface area (Å²) in [6.07, 6.45) is 1.35. The number of benzene rings is 3. The van der Waals surface area contributed by atoms with Crippen molar-refractivity contribution < 1.29 is 19.1 Å². The molecule has 3 N–H and O–H groups in total. The van der Waals surface area contributed by atoms with E-state index in [1.807, 2.05) is 32.0 Å². The van der Waals surface area contributed by atoms with Gasteiger partial charge in [-0.25, -0.2) is 5.43 Å². The standard InChI is InChI=1S/C25H23ClN4O4/c1-16-9-10-17(2)22(11-16)29-23(31)15-34-21-8-3-5-18(12-21)14-27-30-25(33)24(32)28-20-7-4-6-19(26)13-20/h3-14H,15H2,1-2H3,(H,28,32)(H,29,31)(H,30,33)/b27-14-. The normalized spacial score (nSPS) is 10.6. The van der Waals surface area contributed by atoms with Gasteiger partial charge >= 0.3 is 11.8 Å². The number of hydrogen-bond donors (Lipinski definition) is 3. The van der Waals surface area contributed by atoms with Crippen LogP contribution >= 0.6 is 11.6 Å². The minimum absolute atomic E-state index is 0.172. The first-order chi connectivity index (χ1) is 16.3. The number of amides is 3. The highest BCUT2D eigenvalue weighted by Gasteiger charge is 2.13. The quantitative estimate of drug-likeness (QED) is 0.270. The summed E-state index contributed by atoms with van der Waals surface area (Å²) in [7, 11) is 0. The van der Waals surface area contributed by atoms with Crippen LogP contribution in [-0.2, 0) is 14.4 Å². The molecule has 0 atom stereocenters. The van der Waals surface area contributed by atoms with Gasteiger partial charge in [0.15, 0.2) is 6.61 Å². The molecule has 3 aromatic rings. The second-order valence-corrected chi connectivity index (χ2v) is 7.83. The number of hydrogen-bond acceptors (Lipinski definition) is 5. The highest BCUT2D eigenvalue weighted by molar-refractivity contribution is 6.39. The second-order valence-electron chi connectivity index (χ2n) is 7.39. The molecular weight excluding hydrogens is 456 g/mol. The van der Waals surface area contributed by atoms with E-state index in [4.69, 9.17) is 16.3 Å². The summed E-state index contributed by atoms with van der Waals surface area (Å²) in [5.74, 6) is -1.66. The monoisotopic (exact) mass is 478 g/mol. The van der Waals surface area contributed by atoms with Crippen molar-refractivity contribution in [1.29, 1.82) is 0 Å². The van der Waals surface area contributed by atoms with E-state index in [1.54, 1.807) is 42.5 Å². The first kappa shape index (κ1) is 24.5. The summed E-state index contributed by atoms with van der Waals surface area (Å²) in [6, 6.07) is 19.0. The van der Waals surface area contributed by atoms with E-state index in [0.717, 1.165) is 16.8 Å². The zero-order valence-corrected chi connectivity index (χ0v) is 19.3. The van der Waals surface area contributed by atoms with Gasteiger partial charge in [-0.2, -0.15) is 5.10 Å². The molecule has 0 saturated carbocycles. The molecule has 0 heterocycles. The van der Waals surface area contributed by atoms with Crippen molar-refractivity contribution in [2.45, 2.75) is 13.8 Å². The minimum atomic E-state index is -0.938. The maximum atomic E-state index is 12.2. The van der Waals surface area contributed by atoms with Crippen molar-refractivity contribution in [3.63, 3.8) is 0 Å². The Kier molecular flexibility index (Phi) is 8.37. The van der Waals surface area contributed by atoms with Crippen LogP contribution < -0.4 is 20.8 Å². The topological polar surface area (TPSA) is 109 Å². The van der Waals surface area contributed by atoms with Crippen LogP contribution in [0.25, 0.3) is 0 Å². The number of aryl methyl sites for hydroxylation is 2. The van der Waals surface area contributed by atoms with Gasteiger partial charge in [0.1, 0.15) is 5.75 Å². The van der Waals surface area contributed by atoms with Crippen molar-refractivity contribution in [3.05, 3.63) is 88.4 Å². The fourth-order valence-electron chi connectivity index (χ4n) is 2.86. The van der Waals surface area contributed by atoms with Crippen LogP contribution in [0.4, 0.5) is 11.4 Å². The van der Waals surface area contributed by atoms with Crippen molar-refractivity contribution in [1.82, 2.24) is 5.43 Å². The maximum absolute atomic E-state index is 12.2. The summed E-state index contributed by atoms with van der Waals surface area (Å²) in [4.78, 5) is 36.1. The van der Waals surface area contributed by atoms with Crippen molar-refractivity contribution in [2.75, 3.05) is 17.2 Å². The predicted octanol–water partition coefficient (Wildman–Crippen LogP) is 4.06. The van der Waals surface area contributed by atoms with E-state index in [9.17, 15) is 14.4 Å². The molecule has 9 heteroatoms. The number of hydrazone groups is 1. The van der Waals surface area contributed by atoms with Crippen molar-refractivity contribution in [2.24, 2.45) is 5.10 Å². The number of halogens is 1. The first-order valence-corrected chi connectivity index (χ1v) is 10.7. The number of carbonyl (C=O) groups excluding carboxylic acids is 3. The van der Waals surface area contributed by atoms with Crippen LogP contribution in [0, 0.1) is 13.8 Å². The van der Waals surface area contributed by atoms with Gasteiger partial charge < -0.3 is 15.4 Å². The van der Waals surface area contributed by atoms with Gasteiger partial charge in [-0.15, -0.1) is 0 Å². The summed E-state index contributed by atoms with van der Waals surface area (Å²) in [6.45, 7) is 3.69. The number of anilines is 2. The van der Waals surface area contributed by atoms with Crippen LogP contribution in [0.1, 0.15) is 16.7 Å². The van der Waals surface area contributed by atoms with Crippen LogP contribution in [0.5, 0.6) is 5.75 Å². The number of nitrogens with zero attached hydrogens (tertiary/aromatic N) is 1. The molecule has 0 saturated heterocycles. The van der Waals surface area contributed by atoms with Gasteiger partial charge in [-0.05, 0) is 66.9 Å². The van der Waals surface area contributed by atoms with Crippen LogP contribution in [0.3, 0.4) is 0 Å². The molecule has 0 aliphatic carbocycles. The van der Waals surface area contributed by atoms with E-state index in [0.29, 0.717) is 22.0 Å².